The predicted octanol–water partition coefficient (Wildman–Crippen LogP) is 3.19. The van der Waals surface area contributed by atoms with E-state index < -0.39 is 21.7 Å². The van der Waals surface area contributed by atoms with Crippen LogP contribution in [0.15, 0.2) is 35.2 Å². The summed E-state index contributed by atoms with van der Waals surface area (Å²) in [5, 5.41) is 2.40. The highest BCUT2D eigenvalue weighted by atomic mass is 35.5. The molecule has 0 spiro atoms. The molecule has 0 aliphatic carbocycles. The fraction of sp³-hybridized carbons (Fsp3) is 0.278. The van der Waals surface area contributed by atoms with Gasteiger partial charge in [0.15, 0.2) is 11.5 Å². The second-order valence-corrected chi connectivity index (χ2v) is 8.48. The van der Waals surface area contributed by atoms with Gasteiger partial charge in [-0.05, 0) is 38.1 Å². The van der Waals surface area contributed by atoms with E-state index in [-0.39, 0.29) is 51.9 Å². The lowest BCUT2D eigenvalue weighted by atomic mass is 10.1. The number of hydrogen-bond acceptors (Lipinski definition) is 5. The zero-order valence-corrected chi connectivity index (χ0v) is 16.7. The van der Waals surface area contributed by atoms with Crippen molar-refractivity contribution < 1.29 is 27.1 Å². The van der Waals surface area contributed by atoms with Gasteiger partial charge < -0.3 is 14.8 Å². The number of anilines is 1. The Morgan fingerprint density at radius 2 is 1.89 bits per heavy atom. The van der Waals surface area contributed by atoms with Gasteiger partial charge in [-0.25, -0.2) is 17.5 Å². The third kappa shape index (κ3) is 4.37. The zero-order valence-electron chi connectivity index (χ0n) is 15.1. The molecular weight excluding hydrogens is 411 g/mol. The van der Waals surface area contributed by atoms with Crippen molar-refractivity contribution in [1.29, 1.82) is 0 Å². The van der Waals surface area contributed by atoms with E-state index in [0.29, 0.717) is 0 Å². The SMILES string of the molecule is CC(C)NS(=O)(=O)c1cc2c(c(C(=O)Nc3ccc(F)c(Cl)c3)c1)OCCO2. The molecule has 150 valence electrons. The first-order chi connectivity index (χ1) is 13.2. The molecular formula is C18H18ClFN2O5S. The van der Waals surface area contributed by atoms with Crippen LogP contribution in [0.4, 0.5) is 10.1 Å². The van der Waals surface area contributed by atoms with Crippen molar-refractivity contribution in [3.05, 3.63) is 46.7 Å². The van der Waals surface area contributed by atoms with Gasteiger partial charge in [0.1, 0.15) is 19.0 Å². The smallest absolute Gasteiger partial charge is 0.259 e. The molecule has 7 nitrogen and oxygen atoms in total. The summed E-state index contributed by atoms with van der Waals surface area (Å²) in [6.45, 7) is 3.80. The standard InChI is InChI=1S/C18H18ClFN2O5S/c1-10(2)22-28(24,25)12-8-13(17-16(9-12)26-5-6-27-17)18(23)21-11-3-4-15(20)14(19)7-11/h3-4,7-10,22H,5-6H2,1-2H3,(H,21,23). The summed E-state index contributed by atoms with van der Waals surface area (Å²) in [7, 11) is -3.87. The lowest BCUT2D eigenvalue weighted by Gasteiger charge is -2.22. The van der Waals surface area contributed by atoms with Gasteiger partial charge in [0.05, 0.1) is 15.5 Å². The minimum atomic E-state index is -3.87. The van der Waals surface area contributed by atoms with Crippen LogP contribution in [0.3, 0.4) is 0 Å². The molecule has 0 unspecified atom stereocenters. The van der Waals surface area contributed by atoms with E-state index in [1.165, 1.54) is 24.3 Å². The highest BCUT2D eigenvalue weighted by molar-refractivity contribution is 7.89. The van der Waals surface area contributed by atoms with E-state index in [0.717, 1.165) is 6.07 Å². The van der Waals surface area contributed by atoms with Crippen LogP contribution in [0, 0.1) is 5.82 Å². The maximum atomic E-state index is 13.3. The Balaban J connectivity index is 2.02. The molecule has 0 atom stereocenters. The molecule has 28 heavy (non-hydrogen) atoms. The van der Waals surface area contributed by atoms with Gasteiger partial charge in [0, 0.05) is 17.8 Å². The van der Waals surface area contributed by atoms with Crippen LogP contribution in [0.25, 0.3) is 0 Å². The van der Waals surface area contributed by atoms with Crippen molar-refractivity contribution in [3.8, 4) is 11.5 Å². The Hall–Kier alpha value is -2.36. The Morgan fingerprint density at radius 3 is 2.57 bits per heavy atom. The Labute approximate surface area is 166 Å². The van der Waals surface area contributed by atoms with Gasteiger partial charge >= 0.3 is 0 Å². The molecule has 1 amide bonds. The molecule has 3 rings (SSSR count). The van der Waals surface area contributed by atoms with Gasteiger partial charge in [-0.3, -0.25) is 4.79 Å². The highest BCUT2D eigenvalue weighted by Gasteiger charge is 2.27. The van der Waals surface area contributed by atoms with Gasteiger partial charge in [-0.15, -0.1) is 0 Å². The van der Waals surface area contributed by atoms with E-state index in [1.54, 1.807) is 13.8 Å². The van der Waals surface area contributed by atoms with Crippen LogP contribution in [0.2, 0.25) is 5.02 Å². The molecule has 1 aliphatic rings. The summed E-state index contributed by atoms with van der Waals surface area (Å²) in [5.41, 5.74) is 0.220. The first-order valence-electron chi connectivity index (χ1n) is 8.40. The molecule has 1 aliphatic heterocycles. The number of halogens is 2. The average molecular weight is 429 g/mol. The second kappa shape index (κ2) is 7.94. The molecule has 10 heteroatoms. The third-order valence-corrected chi connectivity index (χ3v) is 5.67. The Bertz CT molecular complexity index is 1030. The summed E-state index contributed by atoms with van der Waals surface area (Å²) in [6, 6.07) is 5.88. The van der Waals surface area contributed by atoms with Crippen LogP contribution < -0.4 is 19.5 Å². The molecule has 1 heterocycles. The lowest BCUT2D eigenvalue weighted by molar-refractivity contribution is 0.101. The van der Waals surface area contributed by atoms with E-state index in [2.05, 4.69) is 10.0 Å². The number of amides is 1. The molecule has 2 N–H and O–H groups in total. The maximum Gasteiger partial charge on any atom is 0.259 e. The number of carbonyl (C=O) groups excluding carboxylic acids is 1. The van der Waals surface area contributed by atoms with Crippen LogP contribution in [0.1, 0.15) is 24.2 Å². The monoisotopic (exact) mass is 428 g/mol. The summed E-state index contributed by atoms with van der Waals surface area (Å²) >= 11 is 5.73. The molecule has 0 aromatic heterocycles. The fourth-order valence-electron chi connectivity index (χ4n) is 2.60. The zero-order chi connectivity index (χ0) is 20.5. The van der Waals surface area contributed by atoms with E-state index >= 15 is 0 Å². The number of sulfonamides is 1. The second-order valence-electron chi connectivity index (χ2n) is 6.35. The average Bonchev–Trinajstić information content (AvgIpc) is 2.62. The lowest BCUT2D eigenvalue weighted by Crippen LogP contribution is -2.31. The normalized spacial score (nSPS) is 13.5. The largest absolute Gasteiger partial charge is 0.486 e. The molecule has 0 saturated carbocycles. The topological polar surface area (TPSA) is 93.7 Å². The number of hydrogen-bond donors (Lipinski definition) is 2. The van der Waals surface area contributed by atoms with E-state index in [4.69, 9.17) is 21.1 Å². The number of ether oxygens (including phenoxy) is 2. The minimum Gasteiger partial charge on any atom is -0.486 e. The maximum absolute atomic E-state index is 13.3. The number of carbonyl (C=O) groups is 1. The Morgan fingerprint density at radius 1 is 1.18 bits per heavy atom. The summed E-state index contributed by atoms with van der Waals surface area (Å²) in [5.74, 6) is -0.978. The first kappa shape index (κ1) is 20.4. The highest BCUT2D eigenvalue weighted by Crippen LogP contribution is 2.37. The summed E-state index contributed by atoms with van der Waals surface area (Å²) in [4.78, 5) is 12.7. The molecule has 0 radical (unpaired) electrons. The number of benzene rings is 2. The fourth-order valence-corrected chi connectivity index (χ4v) is 4.08. The summed E-state index contributed by atoms with van der Waals surface area (Å²) < 4.78 is 51.9. The molecule has 0 fully saturated rings. The number of fused-ring (bicyclic) bond motifs is 1. The van der Waals surface area contributed by atoms with Crippen LogP contribution in [-0.2, 0) is 10.0 Å². The molecule has 2 aromatic rings. The van der Waals surface area contributed by atoms with Crippen molar-refractivity contribution in [3.63, 3.8) is 0 Å². The minimum absolute atomic E-state index is 0.0261. The van der Waals surface area contributed by atoms with Crippen molar-refractivity contribution in [2.24, 2.45) is 0 Å². The van der Waals surface area contributed by atoms with Crippen molar-refractivity contribution in [2.45, 2.75) is 24.8 Å². The van der Waals surface area contributed by atoms with Crippen LogP contribution in [-0.4, -0.2) is 33.6 Å². The molecule has 0 saturated heterocycles. The quantitative estimate of drug-likeness (QED) is 0.762. The van der Waals surface area contributed by atoms with E-state index in [1.807, 2.05) is 0 Å². The van der Waals surface area contributed by atoms with Crippen LogP contribution in [0.5, 0.6) is 11.5 Å². The van der Waals surface area contributed by atoms with Crippen molar-refractivity contribution in [1.82, 2.24) is 4.72 Å². The van der Waals surface area contributed by atoms with Gasteiger partial charge in [0.25, 0.3) is 5.91 Å². The third-order valence-electron chi connectivity index (χ3n) is 3.74. The van der Waals surface area contributed by atoms with Crippen molar-refractivity contribution >= 4 is 33.2 Å². The number of rotatable bonds is 5. The summed E-state index contributed by atoms with van der Waals surface area (Å²) in [6.07, 6.45) is 0. The van der Waals surface area contributed by atoms with E-state index in [9.17, 15) is 17.6 Å². The Kier molecular flexibility index (Phi) is 5.78. The number of nitrogens with one attached hydrogen (secondary N) is 2. The van der Waals surface area contributed by atoms with Gasteiger partial charge in [0.2, 0.25) is 10.0 Å². The van der Waals surface area contributed by atoms with Gasteiger partial charge in [-0.1, -0.05) is 11.6 Å². The molecule has 0 bridgehead atoms. The van der Waals surface area contributed by atoms with Crippen LogP contribution >= 0.6 is 11.6 Å². The first-order valence-corrected chi connectivity index (χ1v) is 10.3. The van der Waals surface area contributed by atoms with Crippen molar-refractivity contribution in [2.75, 3.05) is 18.5 Å². The predicted molar refractivity (Wildman–Crippen MR) is 102 cm³/mol. The van der Waals surface area contributed by atoms with Gasteiger partial charge in [-0.2, -0.15) is 0 Å². The molecule has 2 aromatic carbocycles.